The fraction of sp³-hybridized carbons (Fsp3) is 0.462. The summed E-state index contributed by atoms with van der Waals surface area (Å²) in [5.41, 5.74) is 2.78. The fourth-order valence-corrected chi connectivity index (χ4v) is 2.06. The summed E-state index contributed by atoms with van der Waals surface area (Å²) in [5.74, 6) is 2.04. The Morgan fingerprint density at radius 2 is 1.94 bits per heavy atom. The van der Waals surface area contributed by atoms with Crippen LogP contribution in [-0.2, 0) is 0 Å². The smallest absolute Gasteiger partial charge is 0.150 e. The van der Waals surface area contributed by atoms with Gasteiger partial charge in [-0.3, -0.25) is 4.79 Å². The Morgan fingerprint density at radius 3 is 2.44 bits per heavy atom. The highest BCUT2D eigenvalue weighted by atomic mass is 32.2. The number of rotatable bonds is 6. The van der Waals surface area contributed by atoms with Gasteiger partial charge in [0.05, 0.1) is 6.61 Å². The van der Waals surface area contributed by atoms with Crippen molar-refractivity contribution in [3.05, 3.63) is 28.8 Å². The number of carbonyl (C=O) groups is 1. The number of ether oxygens (including phenoxy) is 1. The Bertz CT molecular complexity index is 338. The second kappa shape index (κ2) is 6.59. The summed E-state index contributed by atoms with van der Waals surface area (Å²) in [6, 6.07) is 3.73. The molecule has 1 rings (SSSR count). The molecule has 0 unspecified atom stereocenters. The molecule has 0 radical (unpaired) electrons. The summed E-state index contributed by atoms with van der Waals surface area (Å²) in [5, 5.41) is 0. The van der Waals surface area contributed by atoms with Crippen molar-refractivity contribution >= 4 is 18.0 Å². The van der Waals surface area contributed by atoms with Crippen LogP contribution in [0.4, 0.5) is 0 Å². The van der Waals surface area contributed by atoms with Crippen LogP contribution in [0.3, 0.4) is 0 Å². The summed E-state index contributed by atoms with van der Waals surface area (Å²) in [6.07, 6.45) is 4.02. The molecule has 0 saturated heterocycles. The van der Waals surface area contributed by atoms with Crippen molar-refractivity contribution in [3.8, 4) is 5.75 Å². The van der Waals surface area contributed by atoms with E-state index in [0.29, 0.717) is 5.56 Å². The minimum absolute atomic E-state index is 0.714. The van der Waals surface area contributed by atoms with Crippen molar-refractivity contribution in [2.24, 2.45) is 0 Å². The van der Waals surface area contributed by atoms with Gasteiger partial charge in [-0.1, -0.05) is 0 Å². The zero-order valence-corrected chi connectivity index (χ0v) is 10.9. The van der Waals surface area contributed by atoms with E-state index in [1.807, 2.05) is 37.7 Å². The van der Waals surface area contributed by atoms with E-state index in [-0.39, 0.29) is 0 Å². The van der Waals surface area contributed by atoms with E-state index in [9.17, 15) is 4.79 Å². The van der Waals surface area contributed by atoms with Gasteiger partial charge in [-0.2, -0.15) is 11.8 Å². The summed E-state index contributed by atoms with van der Waals surface area (Å²) >= 11 is 1.82. The summed E-state index contributed by atoms with van der Waals surface area (Å²) < 4.78 is 5.74. The van der Waals surface area contributed by atoms with Crippen molar-refractivity contribution in [3.63, 3.8) is 0 Å². The van der Waals surface area contributed by atoms with E-state index in [4.69, 9.17) is 4.74 Å². The quantitative estimate of drug-likeness (QED) is 0.562. The van der Waals surface area contributed by atoms with Gasteiger partial charge in [0.2, 0.25) is 0 Å². The maximum absolute atomic E-state index is 10.7. The van der Waals surface area contributed by atoms with Crippen LogP contribution >= 0.6 is 11.8 Å². The SMILES string of the molecule is CSCCCOc1c(C)cc(C=O)cc1C. The molecule has 0 aliphatic rings. The molecule has 16 heavy (non-hydrogen) atoms. The van der Waals surface area contributed by atoms with Crippen molar-refractivity contribution in [2.45, 2.75) is 20.3 Å². The van der Waals surface area contributed by atoms with Gasteiger partial charge >= 0.3 is 0 Å². The number of benzene rings is 1. The second-order valence-electron chi connectivity index (χ2n) is 3.80. The van der Waals surface area contributed by atoms with Crippen LogP contribution in [0.2, 0.25) is 0 Å². The Morgan fingerprint density at radius 1 is 1.31 bits per heavy atom. The molecule has 0 bridgehead atoms. The number of thioether (sulfide) groups is 1. The molecule has 0 spiro atoms. The molecular formula is C13H18O2S. The molecule has 0 heterocycles. The molecule has 1 aromatic rings. The standard InChI is InChI=1S/C13H18O2S/c1-10-7-12(9-14)8-11(2)13(10)15-5-4-6-16-3/h7-9H,4-6H2,1-3H3. The lowest BCUT2D eigenvalue weighted by molar-refractivity contribution is 0.112. The first-order valence-corrected chi connectivity index (χ1v) is 6.76. The molecule has 88 valence electrons. The maximum atomic E-state index is 10.7. The molecule has 0 amide bonds. The highest BCUT2D eigenvalue weighted by molar-refractivity contribution is 7.98. The Hall–Kier alpha value is -0.960. The van der Waals surface area contributed by atoms with Crippen LogP contribution in [0.25, 0.3) is 0 Å². The number of aldehydes is 1. The molecular weight excluding hydrogens is 220 g/mol. The third-order valence-electron chi connectivity index (χ3n) is 2.36. The van der Waals surface area contributed by atoms with Gasteiger partial charge in [0.1, 0.15) is 12.0 Å². The Kier molecular flexibility index (Phi) is 5.39. The topological polar surface area (TPSA) is 26.3 Å². The molecule has 0 aliphatic carbocycles. The Labute approximate surface area is 101 Å². The molecule has 3 heteroatoms. The first kappa shape index (κ1) is 13.1. The van der Waals surface area contributed by atoms with Gasteiger partial charge < -0.3 is 4.74 Å². The molecule has 1 aromatic carbocycles. The van der Waals surface area contributed by atoms with Gasteiger partial charge in [-0.15, -0.1) is 0 Å². The number of carbonyl (C=O) groups excluding carboxylic acids is 1. The lowest BCUT2D eigenvalue weighted by atomic mass is 10.1. The lowest BCUT2D eigenvalue weighted by Crippen LogP contribution is -2.02. The van der Waals surface area contributed by atoms with Crippen LogP contribution in [-0.4, -0.2) is 24.9 Å². The Balaban J connectivity index is 2.69. The summed E-state index contributed by atoms with van der Waals surface area (Å²) in [4.78, 5) is 10.7. The molecule has 0 aromatic heterocycles. The summed E-state index contributed by atoms with van der Waals surface area (Å²) in [7, 11) is 0. The number of hydrogen-bond acceptors (Lipinski definition) is 3. The molecule has 0 N–H and O–H groups in total. The normalized spacial score (nSPS) is 10.2. The average molecular weight is 238 g/mol. The average Bonchev–Trinajstić information content (AvgIpc) is 2.26. The zero-order chi connectivity index (χ0) is 12.0. The molecule has 0 aliphatic heterocycles. The van der Waals surface area contributed by atoms with E-state index in [0.717, 1.165) is 41.9 Å². The van der Waals surface area contributed by atoms with Crippen molar-refractivity contribution in [2.75, 3.05) is 18.6 Å². The third kappa shape index (κ3) is 3.56. The van der Waals surface area contributed by atoms with E-state index in [1.54, 1.807) is 0 Å². The summed E-state index contributed by atoms with van der Waals surface area (Å²) in [6.45, 7) is 4.69. The van der Waals surface area contributed by atoms with Crippen LogP contribution in [0, 0.1) is 13.8 Å². The maximum Gasteiger partial charge on any atom is 0.150 e. The van der Waals surface area contributed by atoms with Crippen LogP contribution < -0.4 is 4.74 Å². The van der Waals surface area contributed by atoms with E-state index >= 15 is 0 Å². The first-order chi connectivity index (χ1) is 7.69. The van der Waals surface area contributed by atoms with Crippen LogP contribution in [0.5, 0.6) is 5.75 Å². The van der Waals surface area contributed by atoms with Gasteiger partial charge in [0.15, 0.2) is 0 Å². The highest BCUT2D eigenvalue weighted by Crippen LogP contribution is 2.24. The minimum atomic E-state index is 0.714. The van der Waals surface area contributed by atoms with Crippen molar-refractivity contribution in [1.29, 1.82) is 0 Å². The highest BCUT2D eigenvalue weighted by Gasteiger charge is 2.05. The number of hydrogen-bond donors (Lipinski definition) is 0. The van der Waals surface area contributed by atoms with Crippen molar-refractivity contribution in [1.82, 2.24) is 0 Å². The monoisotopic (exact) mass is 238 g/mol. The van der Waals surface area contributed by atoms with Crippen LogP contribution in [0.1, 0.15) is 27.9 Å². The van der Waals surface area contributed by atoms with Crippen molar-refractivity contribution < 1.29 is 9.53 Å². The minimum Gasteiger partial charge on any atom is -0.493 e. The predicted octanol–water partition coefficient (Wildman–Crippen LogP) is 3.25. The van der Waals surface area contributed by atoms with Crippen LogP contribution in [0.15, 0.2) is 12.1 Å². The first-order valence-electron chi connectivity index (χ1n) is 5.37. The van der Waals surface area contributed by atoms with E-state index in [2.05, 4.69) is 6.26 Å². The van der Waals surface area contributed by atoms with Gasteiger partial charge in [-0.05, 0) is 55.5 Å². The fourth-order valence-electron chi connectivity index (χ4n) is 1.66. The predicted molar refractivity (Wildman–Crippen MR) is 69.8 cm³/mol. The molecule has 0 saturated carbocycles. The second-order valence-corrected chi connectivity index (χ2v) is 4.78. The third-order valence-corrected chi connectivity index (χ3v) is 3.05. The molecule has 2 nitrogen and oxygen atoms in total. The zero-order valence-electron chi connectivity index (χ0n) is 10.1. The van der Waals surface area contributed by atoms with Gasteiger partial charge in [-0.25, -0.2) is 0 Å². The van der Waals surface area contributed by atoms with Gasteiger partial charge in [0, 0.05) is 5.56 Å². The number of aryl methyl sites for hydroxylation is 2. The van der Waals surface area contributed by atoms with E-state index < -0.39 is 0 Å². The van der Waals surface area contributed by atoms with E-state index in [1.165, 1.54) is 0 Å². The molecule has 0 fully saturated rings. The van der Waals surface area contributed by atoms with Gasteiger partial charge in [0.25, 0.3) is 0 Å². The molecule has 0 atom stereocenters. The largest absolute Gasteiger partial charge is 0.493 e. The lowest BCUT2D eigenvalue weighted by Gasteiger charge is -2.12.